The van der Waals surface area contributed by atoms with Crippen LogP contribution in [0.15, 0.2) is 24.3 Å². The lowest BCUT2D eigenvalue weighted by atomic mass is 9.84. The molecule has 0 spiro atoms. The van der Waals surface area contributed by atoms with Crippen LogP contribution in [-0.2, 0) is 11.2 Å². The Morgan fingerprint density at radius 3 is 2.65 bits per heavy atom. The highest BCUT2D eigenvalue weighted by Gasteiger charge is 2.26. The van der Waals surface area contributed by atoms with Crippen LogP contribution < -0.4 is 5.32 Å². The zero-order valence-corrected chi connectivity index (χ0v) is 12.3. The molecule has 1 amide bonds. The standard InChI is InChI=1S/C17H24N2O/c1-19-10-7-13(8-11-19)16-5-3-2-4-14(16)12-15-6-9-18-17(15)20/h2-5,13,15H,6-12H2,1H3,(H,18,20). The number of nitrogens with zero attached hydrogens (tertiary/aromatic N) is 1. The van der Waals surface area contributed by atoms with Gasteiger partial charge in [0.2, 0.25) is 5.91 Å². The first-order chi connectivity index (χ1) is 9.74. The summed E-state index contributed by atoms with van der Waals surface area (Å²) in [6.45, 7) is 3.21. The molecule has 2 saturated heterocycles. The molecule has 0 bridgehead atoms. The molecule has 2 fully saturated rings. The average Bonchev–Trinajstić information content (AvgIpc) is 2.86. The number of hydrogen-bond donors (Lipinski definition) is 1. The molecule has 2 heterocycles. The van der Waals surface area contributed by atoms with Crippen molar-refractivity contribution in [1.29, 1.82) is 0 Å². The monoisotopic (exact) mass is 272 g/mol. The molecule has 3 nitrogen and oxygen atoms in total. The Kier molecular flexibility index (Phi) is 4.06. The van der Waals surface area contributed by atoms with Crippen molar-refractivity contribution in [3.63, 3.8) is 0 Å². The number of carbonyl (C=O) groups excluding carboxylic acids is 1. The first kappa shape index (κ1) is 13.6. The van der Waals surface area contributed by atoms with Gasteiger partial charge in [-0.3, -0.25) is 4.79 Å². The van der Waals surface area contributed by atoms with E-state index in [0.29, 0.717) is 5.92 Å². The fraction of sp³-hybridized carbons (Fsp3) is 0.588. The van der Waals surface area contributed by atoms with Crippen LogP contribution in [-0.4, -0.2) is 37.5 Å². The summed E-state index contributed by atoms with van der Waals surface area (Å²) >= 11 is 0. The maximum Gasteiger partial charge on any atom is 0.223 e. The minimum atomic E-state index is 0.183. The molecule has 1 atom stereocenters. The van der Waals surface area contributed by atoms with E-state index in [4.69, 9.17) is 0 Å². The number of benzene rings is 1. The third kappa shape index (κ3) is 2.88. The van der Waals surface area contributed by atoms with Crippen molar-refractivity contribution < 1.29 is 4.79 Å². The molecule has 2 aliphatic rings. The normalized spacial score (nSPS) is 24.9. The second kappa shape index (κ2) is 5.96. The highest BCUT2D eigenvalue weighted by Crippen LogP contribution is 2.31. The summed E-state index contributed by atoms with van der Waals surface area (Å²) < 4.78 is 0. The number of hydrogen-bond acceptors (Lipinski definition) is 2. The van der Waals surface area contributed by atoms with Crippen molar-refractivity contribution in [3.8, 4) is 0 Å². The van der Waals surface area contributed by atoms with Crippen LogP contribution in [0.25, 0.3) is 0 Å². The van der Waals surface area contributed by atoms with E-state index in [2.05, 4.69) is 41.5 Å². The predicted octanol–water partition coefficient (Wildman–Crippen LogP) is 2.17. The molecule has 108 valence electrons. The summed E-state index contributed by atoms with van der Waals surface area (Å²) in [7, 11) is 2.20. The van der Waals surface area contributed by atoms with Crippen LogP contribution in [0.1, 0.15) is 36.3 Å². The Balaban J connectivity index is 1.76. The highest BCUT2D eigenvalue weighted by atomic mass is 16.2. The molecule has 0 aliphatic carbocycles. The summed E-state index contributed by atoms with van der Waals surface area (Å²) in [5.74, 6) is 1.09. The summed E-state index contributed by atoms with van der Waals surface area (Å²) in [4.78, 5) is 14.2. The molecule has 3 rings (SSSR count). The molecule has 1 aromatic rings. The number of piperidine rings is 1. The smallest absolute Gasteiger partial charge is 0.223 e. The minimum Gasteiger partial charge on any atom is -0.356 e. The van der Waals surface area contributed by atoms with Crippen LogP contribution >= 0.6 is 0 Å². The van der Waals surface area contributed by atoms with E-state index in [9.17, 15) is 4.79 Å². The third-order valence-corrected chi connectivity index (χ3v) is 4.84. The first-order valence-electron chi connectivity index (χ1n) is 7.78. The molecule has 1 unspecified atom stereocenters. The van der Waals surface area contributed by atoms with Crippen LogP contribution in [0.4, 0.5) is 0 Å². The van der Waals surface area contributed by atoms with Gasteiger partial charge in [0.05, 0.1) is 0 Å². The van der Waals surface area contributed by atoms with Crippen molar-refractivity contribution in [2.24, 2.45) is 5.92 Å². The fourth-order valence-electron chi connectivity index (χ4n) is 3.54. The molecular formula is C17H24N2O. The topological polar surface area (TPSA) is 32.3 Å². The van der Waals surface area contributed by atoms with Gasteiger partial charge in [0.15, 0.2) is 0 Å². The Morgan fingerprint density at radius 2 is 1.95 bits per heavy atom. The second-order valence-corrected chi connectivity index (χ2v) is 6.26. The van der Waals surface area contributed by atoms with Crippen LogP contribution in [0.3, 0.4) is 0 Å². The molecule has 3 heteroatoms. The third-order valence-electron chi connectivity index (χ3n) is 4.84. The number of amides is 1. The number of nitrogens with one attached hydrogen (secondary N) is 1. The maximum atomic E-state index is 11.8. The van der Waals surface area contributed by atoms with Gasteiger partial charge in [0.1, 0.15) is 0 Å². The zero-order chi connectivity index (χ0) is 13.9. The Bertz CT molecular complexity index is 478. The lowest BCUT2D eigenvalue weighted by Gasteiger charge is -2.30. The summed E-state index contributed by atoms with van der Waals surface area (Å²) in [5.41, 5.74) is 2.88. The molecule has 1 aromatic carbocycles. The van der Waals surface area contributed by atoms with Crippen LogP contribution in [0, 0.1) is 5.92 Å². The molecular weight excluding hydrogens is 248 g/mol. The number of likely N-dealkylation sites (tertiary alicyclic amines) is 1. The summed E-state index contributed by atoms with van der Waals surface area (Å²) in [5, 5.41) is 2.95. The first-order valence-corrected chi connectivity index (χ1v) is 7.78. The average molecular weight is 272 g/mol. The molecule has 0 aromatic heterocycles. The molecule has 20 heavy (non-hydrogen) atoms. The van der Waals surface area contributed by atoms with Gasteiger partial charge in [-0.1, -0.05) is 24.3 Å². The van der Waals surface area contributed by atoms with Crippen molar-refractivity contribution in [2.45, 2.75) is 31.6 Å². The van der Waals surface area contributed by atoms with Crippen LogP contribution in [0.2, 0.25) is 0 Å². The van der Waals surface area contributed by atoms with Crippen molar-refractivity contribution >= 4 is 5.91 Å². The van der Waals surface area contributed by atoms with Gasteiger partial charge < -0.3 is 10.2 Å². The maximum absolute atomic E-state index is 11.8. The molecule has 1 N–H and O–H groups in total. The van der Waals surface area contributed by atoms with Gasteiger partial charge in [-0.25, -0.2) is 0 Å². The van der Waals surface area contributed by atoms with Gasteiger partial charge in [-0.2, -0.15) is 0 Å². The molecule has 0 saturated carbocycles. The largest absolute Gasteiger partial charge is 0.356 e. The van der Waals surface area contributed by atoms with E-state index in [-0.39, 0.29) is 11.8 Å². The van der Waals surface area contributed by atoms with Crippen molar-refractivity contribution in [2.75, 3.05) is 26.7 Å². The van der Waals surface area contributed by atoms with E-state index >= 15 is 0 Å². The van der Waals surface area contributed by atoms with E-state index < -0.39 is 0 Å². The highest BCUT2D eigenvalue weighted by molar-refractivity contribution is 5.80. The lowest BCUT2D eigenvalue weighted by molar-refractivity contribution is -0.122. The van der Waals surface area contributed by atoms with E-state index in [1.54, 1.807) is 0 Å². The Labute approximate surface area is 121 Å². The lowest BCUT2D eigenvalue weighted by Crippen LogP contribution is -2.29. The summed E-state index contributed by atoms with van der Waals surface area (Å²) in [6, 6.07) is 8.75. The molecule has 0 radical (unpaired) electrons. The minimum absolute atomic E-state index is 0.183. The Hall–Kier alpha value is -1.35. The quantitative estimate of drug-likeness (QED) is 0.914. The fourth-order valence-corrected chi connectivity index (χ4v) is 3.54. The van der Waals surface area contributed by atoms with Gasteiger partial charge in [-0.15, -0.1) is 0 Å². The summed E-state index contributed by atoms with van der Waals surface area (Å²) in [6.07, 6.45) is 4.38. The SMILES string of the molecule is CN1CCC(c2ccccc2CC2CCNC2=O)CC1. The van der Waals surface area contributed by atoms with Crippen molar-refractivity contribution in [3.05, 3.63) is 35.4 Å². The zero-order valence-electron chi connectivity index (χ0n) is 12.3. The predicted molar refractivity (Wildman–Crippen MR) is 80.7 cm³/mol. The van der Waals surface area contributed by atoms with E-state index in [0.717, 1.165) is 19.4 Å². The van der Waals surface area contributed by atoms with Crippen molar-refractivity contribution in [1.82, 2.24) is 10.2 Å². The van der Waals surface area contributed by atoms with Gasteiger partial charge >= 0.3 is 0 Å². The van der Waals surface area contributed by atoms with E-state index in [1.165, 1.54) is 37.1 Å². The van der Waals surface area contributed by atoms with Gasteiger partial charge in [0, 0.05) is 12.5 Å². The number of rotatable bonds is 3. The number of carbonyl (C=O) groups is 1. The van der Waals surface area contributed by atoms with Crippen LogP contribution in [0.5, 0.6) is 0 Å². The van der Waals surface area contributed by atoms with E-state index in [1.807, 2.05) is 0 Å². The second-order valence-electron chi connectivity index (χ2n) is 6.26. The van der Waals surface area contributed by atoms with Gasteiger partial charge in [0.25, 0.3) is 0 Å². The van der Waals surface area contributed by atoms with Gasteiger partial charge in [-0.05, 0) is 62.9 Å². The Morgan fingerprint density at radius 1 is 1.20 bits per heavy atom. The molecule has 2 aliphatic heterocycles.